The number of hydrogen-bond acceptors (Lipinski definition) is 6. The highest BCUT2D eigenvalue weighted by Gasteiger charge is 2.50. The predicted octanol–water partition coefficient (Wildman–Crippen LogP) is 3.09. The molecule has 9 heteroatoms. The summed E-state index contributed by atoms with van der Waals surface area (Å²) in [5.41, 5.74) is 1.46. The number of likely N-dealkylation sites (tertiary alicyclic amines) is 1. The van der Waals surface area contributed by atoms with E-state index in [0.717, 1.165) is 38.2 Å². The summed E-state index contributed by atoms with van der Waals surface area (Å²) in [6, 6.07) is 15.9. The van der Waals surface area contributed by atoms with E-state index in [2.05, 4.69) is 44.2 Å². The Morgan fingerprint density at radius 1 is 1.18 bits per heavy atom. The van der Waals surface area contributed by atoms with E-state index in [-0.39, 0.29) is 17.3 Å². The van der Waals surface area contributed by atoms with E-state index < -0.39 is 12.6 Å². The third kappa shape index (κ3) is 6.54. The molecule has 0 bridgehead atoms. The highest BCUT2D eigenvalue weighted by atomic mass is 19.1. The molecule has 8 nitrogen and oxygen atoms in total. The second-order valence-corrected chi connectivity index (χ2v) is 8.25. The molecular formula is C25H31FN4O4. The van der Waals surface area contributed by atoms with E-state index in [1.54, 1.807) is 0 Å². The van der Waals surface area contributed by atoms with Gasteiger partial charge in [0, 0.05) is 18.8 Å². The lowest BCUT2D eigenvalue weighted by Crippen LogP contribution is -2.56. The van der Waals surface area contributed by atoms with Crippen LogP contribution in [0.3, 0.4) is 0 Å². The van der Waals surface area contributed by atoms with E-state index in [1.807, 2.05) is 18.2 Å². The van der Waals surface area contributed by atoms with Gasteiger partial charge in [-0.05, 0) is 55.6 Å². The summed E-state index contributed by atoms with van der Waals surface area (Å²) in [5.74, 6) is -1.23. The van der Waals surface area contributed by atoms with Gasteiger partial charge in [-0.2, -0.15) is 0 Å². The number of piperidine rings is 1. The fourth-order valence-electron chi connectivity index (χ4n) is 4.23. The molecule has 1 spiro atoms. The number of oxime groups is 1. The van der Waals surface area contributed by atoms with Crippen LogP contribution >= 0.6 is 0 Å². The van der Waals surface area contributed by atoms with Crippen molar-refractivity contribution in [2.24, 2.45) is 5.16 Å². The van der Waals surface area contributed by atoms with Crippen LogP contribution in [0.5, 0.6) is 0 Å². The predicted molar refractivity (Wildman–Crippen MR) is 128 cm³/mol. The van der Waals surface area contributed by atoms with Gasteiger partial charge in [0.2, 0.25) is 12.5 Å². The van der Waals surface area contributed by atoms with Crippen LogP contribution in [0.25, 0.3) is 0 Å². The Hall–Kier alpha value is -3.46. The first kappa shape index (κ1) is 25.2. The molecule has 2 aromatic rings. The Morgan fingerprint density at radius 3 is 2.47 bits per heavy atom. The SMILES string of the molecule is CCCN1CCC2(CC1)C(=O)NCN2c1ccccc1.O=C(O)CO/N=C/c1ccc(F)cc1. The van der Waals surface area contributed by atoms with Crippen molar-refractivity contribution in [1.29, 1.82) is 0 Å². The van der Waals surface area contributed by atoms with Crippen LogP contribution in [0.4, 0.5) is 10.1 Å². The summed E-state index contributed by atoms with van der Waals surface area (Å²) < 4.78 is 12.4. The minimum absolute atomic E-state index is 0.206. The van der Waals surface area contributed by atoms with Gasteiger partial charge in [0.25, 0.3) is 0 Å². The number of anilines is 1. The van der Waals surface area contributed by atoms with Gasteiger partial charge >= 0.3 is 5.97 Å². The molecule has 2 N–H and O–H groups in total. The minimum Gasteiger partial charge on any atom is -0.479 e. The molecule has 0 aliphatic carbocycles. The van der Waals surface area contributed by atoms with Gasteiger partial charge in [-0.1, -0.05) is 42.4 Å². The van der Waals surface area contributed by atoms with Gasteiger partial charge in [0.15, 0.2) is 0 Å². The minimum atomic E-state index is -1.10. The first-order chi connectivity index (χ1) is 16.4. The molecule has 2 aliphatic heterocycles. The second kappa shape index (κ2) is 12.1. The van der Waals surface area contributed by atoms with E-state index in [9.17, 15) is 14.0 Å². The van der Waals surface area contributed by atoms with Crippen LogP contribution in [0, 0.1) is 5.82 Å². The molecule has 0 unspecified atom stereocenters. The third-order valence-electron chi connectivity index (χ3n) is 5.96. The highest BCUT2D eigenvalue weighted by Crippen LogP contribution is 2.36. The number of carbonyl (C=O) groups is 2. The number of carboxylic acids is 1. The summed E-state index contributed by atoms with van der Waals surface area (Å²) in [4.78, 5) is 31.6. The van der Waals surface area contributed by atoms with Crippen LogP contribution in [-0.2, 0) is 14.4 Å². The molecule has 2 aliphatic rings. The van der Waals surface area contributed by atoms with Crippen LogP contribution in [0.1, 0.15) is 31.7 Å². The number of halogens is 1. The number of carbonyl (C=O) groups excluding carboxylic acids is 1. The summed E-state index contributed by atoms with van der Waals surface area (Å²) >= 11 is 0. The molecule has 2 fully saturated rings. The number of aliphatic carboxylic acids is 1. The van der Waals surface area contributed by atoms with Crippen LogP contribution < -0.4 is 10.2 Å². The lowest BCUT2D eigenvalue weighted by atomic mass is 9.85. The average molecular weight is 471 g/mol. The maximum atomic E-state index is 12.4. The molecule has 0 radical (unpaired) electrons. The van der Waals surface area contributed by atoms with E-state index in [4.69, 9.17) is 5.11 Å². The smallest absolute Gasteiger partial charge is 0.344 e. The topological polar surface area (TPSA) is 94.5 Å². The van der Waals surface area contributed by atoms with Gasteiger partial charge in [0.1, 0.15) is 11.4 Å². The van der Waals surface area contributed by atoms with E-state index in [1.165, 1.54) is 36.9 Å². The number of benzene rings is 2. The summed E-state index contributed by atoms with van der Waals surface area (Å²) in [5, 5.41) is 14.6. The normalized spacial score (nSPS) is 17.4. The Morgan fingerprint density at radius 2 is 1.85 bits per heavy atom. The zero-order valence-corrected chi connectivity index (χ0v) is 19.3. The van der Waals surface area contributed by atoms with Crippen molar-refractivity contribution in [2.75, 3.05) is 37.8 Å². The van der Waals surface area contributed by atoms with Crippen molar-refractivity contribution in [3.63, 3.8) is 0 Å². The van der Waals surface area contributed by atoms with Crippen molar-refractivity contribution < 1.29 is 23.9 Å². The van der Waals surface area contributed by atoms with Gasteiger partial charge < -0.3 is 25.1 Å². The van der Waals surface area contributed by atoms with Crippen molar-refractivity contribution in [1.82, 2.24) is 10.2 Å². The maximum Gasteiger partial charge on any atom is 0.344 e. The van der Waals surface area contributed by atoms with Crippen molar-refractivity contribution >= 4 is 23.8 Å². The lowest BCUT2D eigenvalue weighted by molar-refractivity contribution is -0.142. The molecule has 2 saturated heterocycles. The highest BCUT2D eigenvalue weighted by molar-refractivity contribution is 5.93. The van der Waals surface area contributed by atoms with Gasteiger partial charge in [-0.15, -0.1) is 0 Å². The fraction of sp³-hybridized carbons (Fsp3) is 0.400. The van der Waals surface area contributed by atoms with Crippen LogP contribution in [0.2, 0.25) is 0 Å². The standard InChI is InChI=1S/C16H23N3O.C9H8FNO3/c1-2-10-18-11-8-16(9-12-18)15(20)17-13-19(16)14-6-4-3-5-7-14;10-8-3-1-7(2-4-8)5-11-14-6-9(12)13/h3-7H,2,8-13H2,1H3,(H,17,20);1-5H,6H2,(H,12,13)/b;11-5+. The summed E-state index contributed by atoms with van der Waals surface area (Å²) in [6.07, 6.45) is 4.34. The van der Waals surface area contributed by atoms with Gasteiger partial charge in [0.05, 0.1) is 12.9 Å². The lowest BCUT2D eigenvalue weighted by Gasteiger charge is -2.43. The van der Waals surface area contributed by atoms with Crippen molar-refractivity contribution in [2.45, 2.75) is 31.7 Å². The Kier molecular flexibility index (Phi) is 8.98. The monoisotopic (exact) mass is 470 g/mol. The quantitative estimate of drug-likeness (QED) is 0.477. The zero-order valence-electron chi connectivity index (χ0n) is 19.3. The molecule has 0 saturated carbocycles. The molecular weight excluding hydrogens is 439 g/mol. The molecule has 4 rings (SSSR count). The van der Waals surface area contributed by atoms with E-state index >= 15 is 0 Å². The summed E-state index contributed by atoms with van der Waals surface area (Å²) in [7, 11) is 0. The largest absolute Gasteiger partial charge is 0.479 e. The van der Waals surface area contributed by atoms with Crippen molar-refractivity contribution in [3.8, 4) is 0 Å². The summed E-state index contributed by atoms with van der Waals surface area (Å²) in [6.45, 7) is 5.54. The number of amides is 1. The molecule has 34 heavy (non-hydrogen) atoms. The Balaban J connectivity index is 0.000000204. The van der Waals surface area contributed by atoms with Crippen LogP contribution in [-0.4, -0.2) is 66.5 Å². The van der Waals surface area contributed by atoms with Gasteiger partial charge in [-0.25, -0.2) is 9.18 Å². The number of nitrogens with one attached hydrogen (secondary N) is 1. The van der Waals surface area contributed by atoms with Crippen molar-refractivity contribution in [3.05, 3.63) is 66.0 Å². The number of carboxylic acid groups (broad SMARTS) is 1. The fourth-order valence-corrected chi connectivity index (χ4v) is 4.23. The Bertz CT molecular complexity index is 961. The molecule has 2 heterocycles. The number of para-hydroxylation sites is 1. The zero-order chi connectivity index (χ0) is 24.4. The van der Waals surface area contributed by atoms with Crippen LogP contribution in [0.15, 0.2) is 59.8 Å². The molecule has 2 aromatic carbocycles. The number of nitrogens with zero attached hydrogens (tertiary/aromatic N) is 3. The van der Waals surface area contributed by atoms with E-state index in [0.29, 0.717) is 12.2 Å². The Labute approximate surface area is 199 Å². The second-order valence-electron chi connectivity index (χ2n) is 8.25. The first-order valence-electron chi connectivity index (χ1n) is 11.4. The maximum absolute atomic E-state index is 12.4. The molecule has 0 aromatic heterocycles. The molecule has 1 amide bonds. The first-order valence-corrected chi connectivity index (χ1v) is 11.4. The van der Waals surface area contributed by atoms with Gasteiger partial charge in [-0.3, -0.25) is 4.79 Å². The molecule has 182 valence electrons. The third-order valence-corrected chi connectivity index (χ3v) is 5.96. The molecule has 0 atom stereocenters. The average Bonchev–Trinajstić information content (AvgIpc) is 3.16. The number of rotatable bonds is 7. The number of hydrogen-bond donors (Lipinski definition) is 2.